The van der Waals surface area contributed by atoms with Gasteiger partial charge < -0.3 is 10.1 Å². The molecule has 2 aliphatic rings. The van der Waals surface area contributed by atoms with Crippen LogP contribution in [0.15, 0.2) is 12.1 Å². The fourth-order valence-corrected chi connectivity index (χ4v) is 4.34. The highest BCUT2D eigenvalue weighted by molar-refractivity contribution is 5.83. The van der Waals surface area contributed by atoms with Crippen molar-refractivity contribution in [2.75, 3.05) is 18.5 Å². The van der Waals surface area contributed by atoms with Crippen molar-refractivity contribution in [3.8, 4) is 16.9 Å². The van der Waals surface area contributed by atoms with Crippen LogP contribution in [0.2, 0.25) is 0 Å². The molecule has 0 unspecified atom stereocenters. The minimum atomic E-state index is -0.214. The van der Waals surface area contributed by atoms with E-state index in [9.17, 15) is 4.39 Å². The zero-order valence-electron chi connectivity index (χ0n) is 14.7. The van der Waals surface area contributed by atoms with Crippen LogP contribution >= 0.6 is 0 Å². The molecule has 0 atom stereocenters. The van der Waals surface area contributed by atoms with Gasteiger partial charge in [0.1, 0.15) is 0 Å². The lowest BCUT2D eigenvalue weighted by Crippen LogP contribution is -2.12. The zero-order valence-corrected chi connectivity index (χ0v) is 14.7. The predicted molar refractivity (Wildman–Crippen MR) is 96.7 cm³/mol. The highest BCUT2D eigenvalue weighted by Gasteiger charge is 2.26. The Balaban J connectivity index is 2.02. The molecule has 2 aromatic carbocycles. The number of hydrogen-bond donors (Lipinski definition) is 1. The lowest BCUT2D eigenvalue weighted by molar-refractivity contribution is 0.273. The van der Waals surface area contributed by atoms with Crippen LogP contribution < -0.4 is 10.1 Å². The van der Waals surface area contributed by atoms with Gasteiger partial charge in [0.2, 0.25) is 0 Å². The van der Waals surface area contributed by atoms with Crippen LogP contribution in [0.3, 0.4) is 0 Å². The molecule has 0 aliphatic carbocycles. The second-order valence-electron chi connectivity index (χ2n) is 6.89. The fourth-order valence-electron chi connectivity index (χ4n) is 4.34. The Morgan fingerprint density at radius 1 is 1.17 bits per heavy atom. The van der Waals surface area contributed by atoms with Gasteiger partial charge in [0.05, 0.1) is 6.61 Å². The minimum absolute atomic E-state index is 0.214. The molecule has 0 saturated carbocycles. The maximum Gasteiger partial charge on any atom is 0.165 e. The van der Waals surface area contributed by atoms with Crippen molar-refractivity contribution in [1.82, 2.24) is 0 Å². The summed E-state index contributed by atoms with van der Waals surface area (Å²) >= 11 is 0. The molecule has 0 spiro atoms. The Hall–Kier alpha value is -2.03. The molecule has 2 nitrogen and oxygen atoms in total. The Labute approximate surface area is 143 Å². The highest BCUT2D eigenvalue weighted by Crippen LogP contribution is 2.43. The number of halogens is 1. The molecule has 0 aromatic heterocycles. The van der Waals surface area contributed by atoms with Crippen LogP contribution in [0, 0.1) is 19.7 Å². The number of anilines is 1. The first kappa shape index (κ1) is 15.5. The molecule has 24 heavy (non-hydrogen) atoms. The number of benzene rings is 2. The van der Waals surface area contributed by atoms with Gasteiger partial charge in [-0.25, -0.2) is 4.39 Å². The summed E-state index contributed by atoms with van der Waals surface area (Å²) in [5.74, 6) is 0.261. The molecule has 4 rings (SSSR count). The molecular formula is C21H24FNO. The third-order valence-electron chi connectivity index (χ3n) is 5.52. The van der Waals surface area contributed by atoms with E-state index < -0.39 is 0 Å². The van der Waals surface area contributed by atoms with Gasteiger partial charge in [0.15, 0.2) is 11.6 Å². The van der Waals surface area contributed by atoms with Crippen LogP contribution in [-0.2, 0) is 19.3 Å². The molecule has 2 aliphatic heterocycles. The second kappa shape index (κ2) is 5.80. The summed E-state index contributed by atoms with van der Waals surface area (Å²) in [7, 11) is 0. The largest absolute Gasteiger partial charge is 0.490 e. The molecular weight excluding hydrogens is 301 g/mol. The average Bonchev–Trinajstić information content (AvgIpc) is 3.05. The first-order chi connectivity index (χ1) is 11.6. The molecule has 0 amide bonds. The van der Waals surface area contributed by atoms with Crippen molar-refractivity contribution in [3.63, 3.8) is 0 Å². The Kier molecular flexibility index (Phi) is 3.75. The van der Waals surface area contributed by atoms with E-state index in [1.807, 2.05) is 0 Å². The van der Waals surface area contributed by atoms with Crippen molar-refractivity contribution in [2.24, 2.45) is 0 Å². The van der Waals surface area contributed by atoms with Gasteiger partial charge in [0.25, 0.3) is 0 Å². The summed E-state index contributed by atoms with van der Waals surface area (Å²) in [4.78, 5) is 0. The van der Waals surface area contributed by atoms with Gasteiger partial charge in [-0.05, 0) is 85.0 Å². The van der Waals surface area contributed by atoms with Crippen LogP contribution in [0.5, 0.6) is 5.75 Å². The van der Waals surface area contributed by atoms with E-state index in [-0.39, 0.29) is 5.82 Å². The van der Waals surface area contributed by atoms with Crippen LogP contribution in [0.4, 0.5) is 10.1 Å². The zero-order chi connectivity index (χ0) is 16.8. The molecule has 1 N–H and O–H groups in total. The number of fused-ring (bicyclic) bond motifs is 2. The molecule has 0 fully saturated rings. The van der Waals surface area contributed by atoms with Crippen molar-refractivity contribution in [2.45, 2.75) is 46.5 Å². The molecule has 3 heteroatoms. The van der Waals surface area contributed by atoms with E-state index in [1.54, 1.807) is 6.07 Å². The lowest BCUT2D eigenvalue weighted by Gasteiger charge is -2.24. The van der Waals surface area contributed by atoms with Crippen LogP contribution in [0.25, 0.3) is 11.1 Å². The number of ether oxygens (including phenoxy) is 1. The Morgan fingerprint density at radius 2 is 2.00 bits per heavy atom. The number of rotatable bonds is 2. The van der Waals surface area contributed by atoms with Gasteiger partial charge >= 0.3 is 0 Å². The summed E-state index contributed by atoms with van der Waals surface area (Å²) in [6.45, 7) is 8.06. The average molecular weight is 325 g/mol. The molecule has 2 aromatic rings. The number of aryl methyl sites for hydroxylation is 1. The van der Waals surface area contributed by atoms with Crippen LogP contribution in [-0.4, -0.2) is 13.2 Å². The maximum atomic E-state index is 14.7. The summed E-state index contributed by atoms with van der Waals surface area (Å²) in [6.07, 6.45) is 3.83. The Bertz CT molecular complexity index is 822. The molecule has 2 heterocycles. The van der Waals surface area contributed by atoms with Crippen molar-refractivity contribution in [3.05, 3.63) is 45.8 Å². The van der Waals surface area contributed by atoms with Gasteiger partial charge in [0, 0.05) is 17.8 Å². The summed E-state index contributed by atoms with van der Waals surface area (Å²) in [6, 6.07) is 3.95. The van der Waals surface area contributed by atoms with Crippen molar-refractivity contribution >= 4 is 5.69 Å². The Morgan fingerprint density at radius 3 is 2.79 bits per heavy atom. The maximum absolute atomic E-state index is 14.7. The lowest BCUT2D eigenvalue weighted by atomic mass is 9.84. The molecule has 0 radical (unpaired) electrons. The smallest absolute Gasteiger partial charge is 0.165 e. The summed E-state index contributed by atoms with van der Waals surface area (Å²) in [5, 5.41) is 3.48. The third-order valence-corrected chi connectivity index (χ3v) is 5.52. The predicted octanol–water partition coefficient (Wildman–Crippen LogP) is 4.96. The van der Waals surface area contributed by atoms with Gasteiger partial charge in [-0.1, -0.05) is 6.92 Å². The SMILES string of the molecule is CCc1c(C)cc2c(c1-c1cc(F)c3c(c1C)CCCO3)CCN2. The van der Waals surface area contributed by atoms with Gasteiger partial charge in [-0.15, -0.1) is 0 Å². The fraction of sp³-hybridized carbons (Fsp3) is 0.429. The standard InChI is InChI=1S/C21H24FNO/c1-4-14-12(2)10-19-16(7-8-23-19)20(14)17-11-18(22)21-15(13(17)3)6-5-9-24-21/h10-11,23H,4-9H2,1-3H3. The molecule has 126 valence electrons. The topological polar surface area (TPSA) is 21.3 Å². The van der Waals surface area contributed by atoms with E-state index in [1.165, 1.54) is 33.5 Å². The minimum Gasteiger partial charge on any atom is -0.490 e. The van der Waals surface area contributed by atoms with E-state index >= 15 is 0 Å². The number of nitrogens with one attached hydrogen (secondary N) is 1. The first-order valence-corrected chi connectivity index (χ1v) is 8.96. The third kappa shape index (κ3) is 2.21. The summed E-state index contributed by atoms with van der Waals surface area (Å²) < 4.78 is 20.4. The van der Waals surface area contributed by atoms with Crippen molar-refractivity contribution in [1.29, 1.82) is 0 Å². The van der Waals surface area contributed by atoms with Gasteiger partial charge in [-0.2, -0.15) is 0 Å². The normalized spacial score (nSPS) is 15.5. The van der Waals surface area contributed by atoms with E-state index in [0.29, 0.717) is 12.4 Å². The van der Waals surface area contributed by atoms with Crippen LogP contribution in [0.1, 0.15) is 41.2 Å². The van der Waals surface area contributed by atoms with E-state index in [2.05, 4.69) is 32.2 Å². The summed E-state index contributed by atoms with van der Waals surface area (Å²) in [5.41, 5.74) is 9.73. The van der Waals surface area contributed by atoms with Crippen molar-refractivity contribution < 1.29 is 9.13 Å². The van der Waals surface area contributed by atoms with E-state index in [4.69, 9.17) is 4.74 Å². The number of hydrogen-bond acceptors (Lipinski definition) is 2. The van der Waals surface area contributed by atoms with E-state index in [0.717, 1.165) is 43.4 Å². The first-order valence-electron chi connectivity index (χ1n) is 8.96. The highest BCUT2D eigenvalue weighted by atomic mass is 19.1. The molecule has 0 bridgehead atoms. The second-order valence-corrected chi connectivity index (χ2v) is 6.89. The quantitative estimate of drug-likeness (QED) is 0.842. The molecule has 0 saturated heterocycles. The van der Waals surface area contributed by atoms with Gasteiger partial charge in [-0.3, -0.25) is 0 Å². The monoisotopic (exact) mass is 325 g/mol.